The number of aromatic amines is 1. The number of phenols is 1. The molecule has 6 rings (SSSR count). The number of likely N-dealkylation sites (N-methyl/N-ethyl adjacent to an activating group) is 1. The van der Waals surface area contributed by atoms with Gasteiger partial charge in [-0.05, 0) is 23.8 Å². The molecule has 39 heavy (non-hydrogen) atoms. The summed E-state index contributed by atoms with van der Waals surface area (Å²) in [4.78, 5) is 43.6. The normalized spacial score (nSPS) is 16.1. The maximum atomic E-state index is 13.4. The van der Waals surface area contributed by atoms with Crippen molar-refractivity contribution in [3.05, 3.63) is 64.1 Å². The predicted molar refractivity (Wildman–Crippen MR) is 140 cm³/mol. The number of imidazole rings is 1. The number of phenolic OH excluding ortho intramolecular Hbond substituents is 1. The molecule has 5 heterocycles. The van der Waals surface area contributed by atoms with Gasteiger partial charge in [-0.2, -0.15) is 0 Å². The van der Waals surface area contributed by atoms with Gasteiger partial charge in [0.05, 0.1) is 24.6 Å². The van der Waals surface area contributed by atoms with E-state index in [1.165, 1.54) is 28.8 Å². The molecule has 4 aromatic rings. The number of amides is 2. The fourth-order valence-electron chi connectivity index (χ4n) is 4.89. The summed E-state index contributed by atoms with van der Waals surface area (Å²) in [5.74, 6) is -1.62. The molecule has 3 N–H and O–H groups in total. The van der Waals surface area contributed by atoms with E-state index < -0.39 is 22.9 Å². The third-order valence-electron chi connectivity index (χ3n) is 7.01. The molecule has 2 amide bonds. The van der Waals surface area contributed by atoms with Crippen LogP contribution in [0.5, 0.6) is 11.5 Å². The van der Waals surface area contributed by atoms with Gasteiger partial charge in [-0.25, -0.2) is 19.2 Å². The number of rotatable bonds is 5. The largest absolute Gasteiger partial charge is 0.505 e. The van der Waals surface area contributed by atoms with Crippen molar-refractivity contribution in [3.8, 4) is 23.0 Å². The van der Waals surface area contributed by atoms with Crippen molar-refractivity contribution < 1.29 is 24.1 Å². The van der Waals surface area contributed by atoms with E-state index in [4.69, 9.17) is 4.74 Å². The van der Waals surface area contributed by atoms with Crippen molar-refractivity contribution in [2.24, 2.45) is 0 Å². The summed E-state index contributed by atoms with van der Waals surface area (Å²) in [7, 11) is 1.71. The number of H-pyrrole nitrogens is 1. The molecule has 2 saturated heterocycles. The van der Waals surface area contributed by atoms with Gasteiger partial charge in [-0.15, -0.1) is 0 Å². The molecule has 2 aliphatic heterocycles. The lowest BCUT2D eigenvalue weighted by molar-refractivity contribution is 0.122. The summed E-state index contributed by atoms with van der Waals surface area (Å²) in [6, 6.07) is 5.64. The Morgan fingerprint density at radius 3 is 2.62 bits per heavy atom. The van der Waals surface area contributed by atoms with Crippen LogP contribution in [0.3, 0.4) is 0 Å². The number of benzene rings is 1. The predicted octanol–water partition coefficient (Wildman–Crippen LogP) is 1.93. The number of halogens is 1. The van der Waals surface area contributed by atoms with Gasteiger partial charge in [-0.3, -0.25) is 14.1 Å². The average Bonchev–Trinajstić information content (AvgIpc) is 3.54. The molecule has 2 fully saturated rings. The fraction of sp³-hybridized carbons (Fsp3) is 0.308. The van der Waals surface area contributed by atoms with Crippen LogP contribution < -0.4 is 15.4 Å². The van der Waals surface area contributed by atoms with Crippen molar-refractivity contribution in [1.29, 1.82) is 0 Å². The Kier molecular flexibility index (Phi) is 6.06. The van der Waals surface area contributed by atoms with Crippen LogP contribution in [0.4, 0.5) is 20.6 Å². The van der Waals surface area contributed by atoms with Gasteiger partial charge in [0.1, 0.15) is 0 Å². The van der Waals surface area contributed by atoms with Gasteiger partial charge < -0.3 is 29.7 Å². The second-order valence-electron chi connectivity index (χ2n) is 9.57. The second-order valence-corrected chi connectivity index (χ2v) is 9.57. The molecule has 3 aromatic heterocycles. The van der Waals surface area contributed by atoms with Gasteiger partial charge in [-0.1, -0.05) is 6.07 Å². The fourth-order valence-corrected chi connectivity index (χ4v) is 4.89. The number of ether oxygens (including phenoxy) is 1. The van der Waals surface area contributed by atoms with E-state index in [0.29, 0.717) is 62.0 Å². The highest BCUT2D eigenvalue weighted by molar-refractivity contribution is 5.98. The molecular weight excluding hydrogens is 509 g/mol. The molecule has 0 atom stereocenters. The Hall–Kier alpha value is -4.65. The van der Waals surface area contributed by atoms with E-state index in [-0.39, 0.29) is 29.6 Å². The zero-order valence-electron chi connectivity index (χ0n) is 21.1. The summed E-state index contributed by atoms with van der Waals surface area (Å²) >= 11 is 0. The molecular formula is C26H26FN7O5. The summed E-state index contributed by atoms with van der Waals surface area (Å²) < 4.78 is 20.1. The average molecular weight is 536 g/mol. The summed E-state index contributed by atoms with van der Waals surface area (Å²) in [5.41, 5.74) is 1.82. The van der Waals surface area contributed by atoms with Crippen LogP contribution in [0.1, 0.15) is 11.3 Å². The van der Waals surface area contributed by atoms with E-state index in [1.807, 2.05) is 6.07 Å². The molecule has 0 aliphatic carbocycles. The highest BCUT2D eigenvalue weighted by Crippen LogP contribution is 2.32. The number of urea groups is 1. The Labute approximate surface area is 221 Å². The minimum Gasteiger partial charge on any atom is -0.505 e. The van der Waals surface area contributed by atoms with Gasteiger partial charge in [0, 0.05) is 57.7 Å². The number of nitrogens with one attached hydrogen (secondary N) is 1. The third-order valence-corrected chi connectivity index (χ3v) is 7.01. The second kappa shape index (κ2) is 9.58. The lowest BCUT2D eigenvalue weighted by Crippen LogP contribution is -2.37. The monoisotopic (exact) mass is 535 g/mol. The third kappa shape index (κ3) is 4.40. The molecule has 1 aromatic carbocycles. The van der Waals surface area contributed by atoms with Crippen LogP contribution in [-0.2, 0) is 11.2 Å². The number of pyridine rings is 1. The number of hydrogen-bond donors (Lipinski definition) is 3. The molecule has 202 valence electrons. The van der Waals surface area contributed by atoms with Crippen LogP contribution in [0.2, 0.25) is 0 Å². The molecule has 2 aliphatic rings. The number of morpholine rings is 1. The minimum atomic E-state index is -0.718. The van der Waals surface area contributed by atoms with Crippen LogP contribution >= 0.6 is 0 Å². The molecule has 0 unspecified atom stereocenters. The van der Waals surface area contributed by atoms with Crippen LogP contribution in [0.25, 0.3) is 17.2 Å². The van der Waals surface area contributed by atoms with Crippen LogP contribution in [0, 0.1) is 5.82 Å². The number of hydrogen-bond acceptors (Lipinski definition) is 8. The SMILES string of the molecule is CN1CCN(c2cc(N3CCOCC3)cn3c(=O)c(O)c(-c4ncc(Cc5ccc(F)c(O)c5)[nH]4)nc23)C1=O. The summed E-state index contributed by atoms with van der Waals surface area (Å²) in [5, 5.41) is 20.6. The molecule has 0 saturated carbocycles. The highest BCUT2D eigenvalue weighted by atomic mass is 19.1. The van der Waals surface area contributed by atoms with Crippen molar-refractivity contribution in [1.82, 2.24) is 24.3 Å². The van der Waals surface area contributed by atoms with Crippen molar-refractivity contribution in [3.63, 3.8) is 0 Å². The maximum absolute atomic E-state index is 13.4. The zero-order valence-corrected chi connectivity index (χ0v) is 21.1. The van der Waals surface area contributed by atoms with Crippen molar-refractivity contribution >= 4 is 23.1 Å². The Bertz CT molecular complexity index is 1650. The first-order valence-corrected chi connectivity index (χ1v) is 12.5. The standard InChI is InChI=1S/C26H26FN7O5/c1-31-4-5-33(26(31)38)19-12-17(32-6-8-39-9-7-32)14-34-24(19)30-21(22(36)25(34)37)23-28-13-16(29-23)10-15-2-3-18(27)20(35)11-15/h2-3,11-14,35-36H,4-10H2,1H3,(H,28,29). The molecule has 0 radical (unpaired) electrons. The van der Waals surface area contributed by atoms with Crippen molar-refractivity contribution in [2.75, 3.05) is 56.2 Å². The Morgan fingerprint density at radius 1 is 1.10 bits per heavy atom. The Morgan fingerprint density at radius 2 is 1.90 bits per heavy atom. The molecule has 13 heteroatoms. The van der Waals surface area contributed by atoms with Gasteiger partial charge in [0.25, 0.3) is 0 Å². The molecule has 0 bridgehead atoms. The number of nitrogens with zero attached hydrogens (tertiary/aromatic N) is 6. The van der Waals surface area contributed by atoms with Gasteiger partial charge in [0.15, 0.2) is 28.7 Å². The topological polar surface area (TPSA) is 140 Å². The van der Waals surface area contributed by atoms with E-state index >= 15 is 0 Å². The van der Waals surface area contributed by atoms with E-state index in [9.17, 15) is 24.2 Å². The number of carbonyl (C=O) groups excluding carboxylic acids is 1. The number of aromatic hydroxyl groups is 2. The lowest BCUT2D eigenvalue weighted by Gasteiger charge is -2.30. The quantitative estimate of drug-likeness (QED) is 0.352. The first-order valence-electron chi connectivity index (χ1n) is 12.5. The van der Waals surface area contributed by atoms with Crippen LogP contribution in [-0.4, -0.2) is 86.9 Å². The maximum Gasteiger partial charge on any atom is 0.324 e. The highest BCUT2D eigenvalue weighted by Gasteiger charge is 2.31. The summed E-state index contributed by atoms with van der Waals surface area (Å²) in [6.45, 7) is 3.24. The van der Waals surface area contributed by atoms with Crippen molar-refractivity contribution in [2.45, 2.75) is 6.42 Å². The molecule has 12 nitrogen and oxygen atoms in total. The number of anilines is 2. The number of carbonyl (C=O) groups is 1. The Balaban J connectivity index is 1.45. The first-order chi connectivity index (χ1) is 18.8. The van der Waals surface area contributed by atoms with Gasteiger partial charge in [0.2, 0.25) is 5.75 Å². The number of fused-ring (bicyclic) bond motifs is 1. The van der Waals surface area contributed by atoms with E-state index in [0.717, 1.165) is 0 Å². The smallest absolute Gasteiger partial charge is 0.324 e. The molecule has 0 spiro atoms. The number of aromatic nitrogens is 4. The lowest BCUT2D eigenvalue weighted by atomic mass is 10.1. The summed E-state index contributed by atoms with van der Waals surface area (Å²) in [6.07, 6.45) is 3.42. The zero-order chi connectivity index (χ0) is 27.3. The van der Waals surface area contributed by atoms with E-state index in [1.54, 1.807) is 23.0 Å². The van der Waals surface area contributed by atoms with Gasteiger partial charge >= 0.3 is 11.6 Å². The first kappa shape index (κ1) is 24.7. The minimum absolute atomic E-state index is 0.0615. The van der Waals surface area contributed by atoms with Crippen LogP contribution in [0.15, 0.2) is 41.5 Å². The van der Waals surface area contributed by atoms with E-state index in [2.05, 4.69) is 19.9 Å².